The molecule has 0 heterocycles. The van der Waals surface area contributed by atoms with Crippen molar-refractivity contribution < 1.29 is 9.59 Å². The SMILES string of the molecule is CC(C)=C/C=C\[C@H](C)[C@H]1CC[C@]2(C)C[C@@H]3C(C)=CC(=O)[C@@H]3/C(C=O)=C\C[C@@H]12. The van der Waals surface area contributed by atoms with Crippen LogP contribution in [0, 0.1) is 35.0 Å². The van der Waals surface area contributed by atoms with E-state index in [1.807, 2.05) is 0 Å². The van der Waals surface area contributed by atoms with E-state index >= 15 is 0 Å². The molecule has 0 aromatic rings. The highest BCUT2D eigenvalue weighted by atomic mass is 16.1. The fraction of sp³-hybridized carbons (Fsp3) is 0.600. The first-order chi connectivity index (χ1) is 12.8. The summed E-state index contributed by atoms with van der Waals surface area (Å²) in [6.07, 6.45) is 16.0. The quantitative estimate of drug-likeness (QED) is 0.461. The average molecular weight is 367 g/mol. The molecule has 2 nitrogen and oxygen atoms in total. The van der Waals surface area contributed by atoms with E-state index in [2.05, 4.69) is 58.9 Å². The van der Waals surface area contributed by atoms with Gasteiger partial charge in [-0.1, -0.05) is 49.3 Å². The lowest BCUT2D eigenvalue weighted by Crippen LogP contribution is -2.34. The summed E-state index contributed by atoms with van der Waals surface area (Å²) in [6.45, 7) is 11.1. The van der Waals surface area contributed by atoms with Crippen LogP contribution in [-0.4, -0.2) is 12.1 Å². The molecule has 0 N–H and O–H groups in total. The Bertz CT molecular complexity index is 731. The molecule has 6 atom stereocenters. The van der Waals surface area contributed by atoms with Crippen molar-refractivity contribution in [2.24, 2.45) is 35.0 Å². The van der Waals surface area contributed by atoms with Crippen molar-refractivity contribution in [1.82, 2.24) is 0 Å². The number of carbonyl (C=O) groups is 2. The van der Waals surface area contributed by atoms with E-state index in [1.54, 1.807) is 6.08 Å². The highest BCUT2D eigenvalue weighted by molar-refractivity contribution is 6.01. The monoisotopic (exact) mass is 366 g/mol. The lowest BCUT2D eigenvalue weighted by Gasteiger charge is -2.40. The first-order valence-electron chi connectivity index (χ1n) is 10.5. The van der Waals surface area contributed by atoms with Crippen molar-refractivity contribution in [3.05, 3.63) is 47.1 Å². The standard InChI is InChI=1S/C25H34O2/c1-16(2)7-6-8-17(3)20-11-12-25(5)14-21-18(4)13-23(27)24(21)19(15-26)9-10-22(20)25/h6-9,13,15,17,20-22,24H,10-12,14H2,1-5H3/b8-6-,19-9-/t17-,20+,21+,22-,24+,25+/m0/s1. The molecule has 0 unspecified atom stereocenters. The van der Waals surface area contributed by atoms with Crippen LogP contribution in [0.5, 0.6) is 0 Å². The number of hydrogen-bond donors (Lipinski definition) is 0. The molecule has 3 aliphatic rings. The molecule has 0 aliphatic heterocycles. The van der Waals surface area contributed by atoms with Gasteiger partial charge in [0.05, 0.1) is 5.92 Å². The zero-order valence-corrected chi connectivity index (χ0v) is 17.5. The topological polar surface area (TPSA) is 34.1 Å². The minimum absolute atomic E-state index is 0.130. The first-order valence-corrected chi connectivity index (χ1v) is 10.5. The normalized spacial score (nSPS) is 38.9. The fourth-order valence-corrected chi connectivity index (χ4v) is 5.88. The lowest BCUT2D eigenvalue weighted by atomic mass is 9.63. The summed E-state index contributed by atoms with van der Waals surface area (Å²) in [4.78, 5) is 24.3. The van der Waals surface area contributed by atoms with Gasteiger partial charge in [-0.25, -0.2) is 0 Å². The van der Waals surface area contributed by atoms with Gasteiger partial charge in [0.1, 0.15) is 6.29 Å². The van der Waals surface area contributed by atoms with Gasteiger partial charge in [0.25, 0.3) is 0 Å². The molecule has 0 radical (unpaired) electrons. The van der Waals surface area contributed by atoms with Crippen LogP contribution in [-0.2, 0) is 9.59 Å². The van der Waals surface area contributed by atoms with Crippen molar-refractivity contribution in [1.29, 1.82) is 0 Å². The Morgan fingerprint density at radius 3 is 2.74 bits per heavy atom. The van der Waals surface area contributed by atoms with Crippen LogP contribution in [0.1, 0.15) is 60.3 Å². The second-order valence-electron chi connectivity index (χ2n) is 9.59. The predicted octanol–water partition coefficient (Wildman–Crippen LogP) is 5.86. The van der Waals surface area contributed by atoms with Gasteiger partial charge in [-0.2, -0.15) is 0 Å². The molecule has 3 aliphatic carbocycles. The van der Waals surface area contributed by atoms with Crippen molar-refractivity contribution in [3.63, 3.8) is 0 Å². The largest absolute Gasteiger partial charge is 0.298 e. The minimum Gasteiger partial charge on any atom is -0.298 e. The third-order valence-electron chi connectivity index (χ3n) is 7.43. The van der Waals surface area contributed by atoms with Crippen LogP contribution in [0.4, 0.5) is 0 Å². The number of allylic oxidation sites excluding steroid dienone is 8. The fourth-order valence-electron chi connectivity index (χ4n) is 5.88. The predicted molar refractivity (Wildman–Crippen MR) is 111 cm³/mol. The Hall–Kier alpha value is -1.70. The van der Waals surface area contributed by atoms with Crippen molar-refractivity contribution in [2.45, 2.75) is 60.3 Å². The number of ketones is 1. The number of fused-ring (bicyclic) bond motifs is 2. The third-order valence-corrected chi connectivity index (χ3v) is 7.43. The summed E-state index contributed by atoms with van der Waals surface area (Å²) in [5, 5.41) is 0. The minimum atomic E-state index is -0.227. The van der Waals surface area contributed by atoms with Gasteiger partial charge >= 0.3 is 0 Å². The zero-order chi connectivity index (χ0) is 19.8. The smallest absolute Gasteiger partial charge is 0.163 e. The summed E-state index contributed by atoms with van der Waals surface area (Å²) in [7, 11) is 0. The van der Waals surface area contributed by atoms with Crippen LogP contribution in [0.15, 0.2) is 47.1 Å². The summed E-state index contributed by atoms with van der Waals surface area (Å²) in [5.74, 6) is 1.84. The molecule has 146 valence electrons. The van der Waals surface area contributed by atoms with Crippen molar-refractivity contribution in [2.75, 3.05) is 0 Å². The second kappa shape index (κ2) is 7.73. The molecule has 1 saturated carbocycles. The van der Waals surface area contributed by atoms with Gasteiger partial charge in [-0.15, -0.1) is 0 Å². The number of carbonyl (C=O) groups excluding carboxylic acids is 2. The molecule has 0 aromatic carbocycles. The average Bonchev–Trinajstić information content (AvgIpc) is 3.04. The molecule has 2 heteroatoms. The van der Waals surface area contributed by atoms with Gasteiger partial charge in [0.15, 0.2) is 5.78 Å². The van der Waals surface area contributed by atoms with Crippen LogP contribution in [0.3, 0.4) is 0 Å². The highest BCUT2D eigenvalue weighted by Gasteiger charge is 2.50. The Morgan fingerprint density at radius 2 is 2.07 bits per heavy atom. The second-order valence-corrected chi connectivity index (χ2v) is 9.59. The molecule has 3 rings (SSSR count). The molecular formula is C25H34O2. The van der Waals surface area contributed by atoms with Gasteiger partial charge in [0.2, 0.25) is 0 Å². The molecule has 27 heavy (non-hydrogen) atoms. The van der Waals surface area contributed by atoms with Crippen molar-refractivity contribution in [3.8, 4) is 0 Å². The molecule has 1 fully saturated rings. The molecule has 0 amide bonds. The van der Waals surface area contributed by atoms with Crippen LogP contribution in [0.25, 0.3) is 0 Å². The molecular weight excluding hydrogens is 332 g/mol. The van der Waals surface area contributed by atoms with Crippen LogP contribution < -0.4 is 0 Å². The van der Waals surface area contributed by atoms with Gasteiger partial charge in [0, 0.05) is 0 Å². The van der Waals surface area contributed by atoms with E-state index < -0.39 is 0 Å². The third kappa shape index (κ3) is 3.81. The van der Waals surface area contributed by atoms with Crippen LogP contribution >= 0.6 is 0 Å². The van der Waals surface area contributed by atoms with E-state index in [9.17, 15) is 9.59 Å². The number of hydrogen-bond acceptors (Lipinski definition) is 2. The van der Waals surface area contributed by atoms with E-state index in [-0.39, 0.29) is 23.0 Å². The van der Waals surface area contributed by atoms with E-state index in [4.69, 9.17) is 0 Å². The Morgan fingerprint density at radius 1 is 1.33 bits per heavy atom. The van der Waals surface area contributed by atoms with E-state index in [0.717, 1.165) is 24.7 Å². The van der Waals surface area contributed by atoms with Crippen molar-refractivity contribution >= 4 is 12.1 Å². The Balaban J connectivity index is 1.90. The molecule has 0 spiro atoms. The van der Waals surface area contributed by atoms with Gasteiger partial charge in [-0.05, 0) is 87.2 Å². The maximum Gasteiger partial charge on any atom is 0.163 e. The Labute approximate surface area is 164 Å². The highest BCUT2D eigenvalue weighted by Crippen LogP contribution is 2.58. The first kappa shape index (κ1) is 20.0. The lowest BCUT2D eigenvalue weighted by molar-refractivity contribution is -0.119. The summed E-state index contributed by atoms with van der Waals surface area (Å²) >= 11 is 0. The number of rotatable bonds is 4. The maximum absolute atomic E-state index is 12.5. The Kier molecular flexibility index (Phi) is 5.74. The summed E-state index contributed by atoms with van der Waals surface area (Å²) < 4.78 is 0. The van der Waals surface area contributed by atoms with E-state index in [0.29, 0.717) is 17.8 Å². The zero-order valence-electron chi connectivity index (χ0n) is 17.5. The van der Waals surface area contributed by atoms with Gasteiger partial charge in [-0.3, -0.25) is 9.59 Å². The molecule has 0 bridgehead atoms. The molecule has 0 saturated heterocycles. The summed E-state index contributed by atoms with van der Waals surface area (Å²) in [5.41, 5.74) is 3.45. The number of aldehydes is 1. The maximum atomic E-state index is 12.5. The van der Waals surface area contributed by atoms with Crippen LogP contribution in [0.2, 0.25) is 0 Å². The van der Waals surface area contributed by atoms with E-state index in [1.165, 1.54) is 24.0 Å². The van der Waals surface area contributed by atoms with Gasteiger partial charge < -0.3 is 0 Å². The summed E-state index contributed by atoms with van der Waals surface area (Å²) in [6, 6.07) is 0. The molecule has 0 aromatic heterocycles.